The van der Waals surface area contributed by atoms with Crippen molar-refractivity contribution in [2.75, 3.05) is 11.9 Å². The van der Waals surface area contributed by atoms with Gasteiger partial charge < -0.3 is 15.6 Å². The van der Waals surface area contributed by atoms with Crippen LogP contribution in [0.4, 0.5) is 10.1 Å². The lowest BCUT2D eigenvalue weighted by atomic mass is 10.2. The van der Waals surface area contributed by atoms with Crippen LogP contribution in [0.5, 0.6) is 0 Å². The number of nitrogens with zero attached hydrogens (tertiary/aromatic N) is 2. The Morgan fingerprint density at radius 2 is 2.33 bits per heavy atom. The molecule has 0 atom stereocenters. The van der Waals surface area contributed by atoms with Crippen LogP contribution in [0.15, 0.2) is 36.9 Å². The predicted octanol–water partition coefficient (Wildman–Crippen LogP) is 1.77. The third-order valence-electron chi connectivity index (χ3n) is 2.50. The first-order chi connectivity index (χ1) is 8.66. The van der Waals surface area contributed by atoms with Gasteiger partial charge in [0.05, 0.1) is 12.0 Å². The SMILES string of the molecule is NC(=S)c1ccc(NCCn2ccnc2)c(F)c1. The molecule has 1 aromatic heterocycles. The molecule has 3 N–H and O–H groups in total. The number of halogens is 1. The Kier molecular flexibility index (Phi) is 3.88. The van der Waals surface area contributed by atoms with Crippen LogP contribution in [0, 0.1) is 5.82 Å². The van der Waals surface area contributed by atoms with E-state index in [1.807, 2.05) is 10.8 Å². The number of hydrogen-bond acceptors (Lipinski definition) is 3. The van der Waals surface area contributed by atoms with E-state index in [4.69, 9.17) is 18.0 Å². The highest BCUT2D eigenvalue weighted by Gasteiger charge is 2.04. The van der Waals surface area contributed by atoms with Crippen LogP contribution in [-0.2, 0) is 6.54 Å². The topological polar surface area (TPSA) is 55.9 Å². The minimum absolute atomic E-state index is 0.193. The lowest BCUT2D eigenvalue weighted by Gasteiger charge is -2.09. The first kappa shape index (κ1) is 12.5. The summed E-state index contributed by atoms with van der Waals surface area (Å²) in [6.45, 7) is 1.33. The summed E-state index contributed by atoms with van der Waals surface area (Å²) >= 11 is 4.79. The molecule has 4 nitrogen and oxygen atoms in total. The fourth-order valence-corrected chi connectivity index (χ4v) is 1.68. The van der Waals surface area contributed by atoms with Gasteiger partial charge in [-0.05, 0) is 18.2 Å². The summed E-state index contributed by atoms with van der Waals surface area (Å²) in [5.74, 6) is -0.356. The first-order valence-electron chi connectivity index (χ1n) is 5.46. The molecule has 0 amide bonds. The second-order valence-corrected chi connectivity index (χ2v) is 4.23. The lowest BCUT2D eigenvalue weighted by molar-refractivity contribution is 0.627. The number of thiocarbonyl (C=S) groups is 1. The number of anilines is 1. The van der Waals surface area contributed by atoms with E-state index in [1.54, 1.807) is 24.7 Å². The van der Waals surface area contributed by atoms with Crippen molar-refractivity contribution in [3.05, 3.63) is 48.3 Å². The largest absolute Gasteiger partial charge is 0.389 e. The average Bonchev–Trinajstić information content (AvgIpc) is 2.84. The van der Waals surface area contributed by atoms with Gasteiger partial charge in [0.25, 0.3) is 0 Å². The molecule has 2 aromatic rings. The highest BCUT2D eigenvalue weighted by Crippen LogP contribution is 2.15. The van der Waals surface area contributed by atoms with Crippen LogP contribution < -0.4 is 11.1 Å². The van der Waals surface area contributed by atoms with Crippen LogP contribution in [0.1, 0.15) is 5.56 Å². The molecule has 0 aliphatic rings. The van der Waals surface area contributed by atoms with Gasteiger partial charge in [0, 0.05) is 31.0 Å². The Morgan fingerprint density at radius 3 is 2.94 bits per heavy atom. The number of rotatable bonds is 5. The average molecular weight is 264 g/mol. The van der Waals surface area contributed by atoms with Crippen LogP contribution in [0.25, 0.3) is 0 Å². The molecular weight excluding hydrogens is 251 g/mol. The van der Waals surface area contributed by atoms with Crippen LogP contribution in [-0.4, -0.2) is 21.1 Å². The summed E-state index contributed by atoms with van der Waals surface area (Å²) in [5, 5.41) is 3.01. The first-order valence-corrected chi connectivity index (χ1v) is 5.86. The Balaban J connectivity index is 1.95. The van der Waals surface area contributed by atoms with Crippen molar-refractivity contribution >= 4 is 22.9 Å². The number of nitrogens with one attached hydrogen (secondary N) is 1. The zero-order valence-electron chi connectivity index (χ0n) is 9.64. The van der Waals surface area contributed by atoms with E-state index in [1.165, 1.54) is 6.07 Å². The molecule has 0 spiro atoms. The standard InChI is InChI=1S/C12H13FN4S/c13-10-7-9(12(14)18)1-2-11(10)16-4-6-17-5-3-15-8-17/h1-3,5,7-8,16H,4,6H2,(H2,14,18). The van der Waals surface area contributed by atoms with Gasteiger partial charge in [-0.2, -0.15) is 0 Å². The molecule has 0 bridgehead atoms. The van der Waals surface area contributed by atoms with E-state index in [0.29, 0.717) is 17.8 Å². The Bertz CT molecular complexity index is 539. The van der Waals surface area contributed by atoms with Gasteiger partial charge in [-0.25, -0.2) is 9.37 Å². The van der Waals surface area contributed by atoms with Crippen molar-refractivity contribution in [1.29, 1.82) is 0 Å². The molecule has 94 valence electrons. The van der Waals surface area contributed by atoms with E-state index in [9.17, 15) is 4.39 Å². The maximum absolute atomic E-state index is 13.7. The maximum atomic E-state index is 13.7. The number of imidazole rings is 1. The zero-order valence-corrected chi connectivity index (χ0v) is 10.5. The molecule has 0 saturated heterocycles. The molecule has 1 aromatic carbocycles. The molecule has 1 heterocycles. The molecule has 0 aliphatic carbocycles. The fraction of sp³-hybridized carbons (Fsp3) is 0.167. The Labute approximate surface area is 110 Å². The summed E-state index contributed by atoms with van der Waals surface area (Å²) < 4.78 is 15.6. The third kappa shape index (κ3) is 3.04. The molecule has 18 heavy (non-hydrogen) atoms. The van der Waals surface area contributed by atoms with Crippen LogP contribution in [0.3, 0.4) is 0 Å². The van der Waals surface area contributed by atoms with Crippen molar-refractivity contribution in [1.82, 2.24) is 9.55 Å². The van der Waals surface area contributed by atoms with Gasteiger partial charge in [0.1, 0.15) is 10.8 Å². The van der Waals surface area contributed by atoms with Crippen molar-refractivity contribution in [3.63, 3.8) is 0 Å². The van der Waals surface area contributed by atoms with Crippen molar-refractivity contribution in [2.24, 2.45) is 5.73 Å². The number of nitrogens with two attached hydrogens (primary N) is 1. The summed E-state index contributed by atoms with van der Waals surface area (Å²) in [5.41, 5.74) is 6.40. The van der Waals surface area contributed by atoms with Crippen LogP contribution in [0.2, 0.25) is 0 Å². The Morgan fingerprint density at radius 1 is 1.50 bits per heavy atom. The smallest absolute Gasteiger partial charge is 0.146 e. The second kappa shape index (κ2) is 5.59. The molecule has 6 heteroatoms. The Hall–Kier alpha value is -1.95. The molecule has 2 rings (SSSR count). The van der Waals surface area contributed by atoms with E-state index in [0.717, 1.165) is 6.54 Å². The quantitative estimate of drug-likeness (QED) is 0.808. The minimum atomic E-state index is -0.356. The summed E-state index contributed by atoms with van der Waals surface area (Å²) in [4.78, 5) is 4.12. The predicted molar refractivity (Wildman–Crippen MR) is 73.0 cm³/mol. The van der Waals surface area contributed by atoms with Gasteiger partial charge >= 0.3 is 0 Å². The zero-order chi connectivity index (χ0) is 13.0. The lowest BCUT2D eigenvalue weighted by Crippen LogP contribution is -2.12. The van der Waals surface area contributed by atoms with E-state index in [2.05, 4.69) is 10.3 Å². The van der Waals surface area contributed by atoms with Crippen molar-refractivity contribution < 1.29 is 4.39 Å². The van der Waals surface area contributed by atoms with Gasteiger partial charge in [-0.1, -0.05) is 12.2 Å². The second-order valence-electron chi connectivity index (χ2n) is 3.79. The monoisotopic (exact) mass is 264 g/mol. The summed E-state index contributed by atoms with van der Waals surface area (Å²) in [6.07, 6.45) is 5.28. The van der Waals surface area contributed by atoms with E-state index in [-0.39, 0.29) is 10.8 Å². The normalized spacial score (nSPS) is 10.3. The van der Waals surface area contributed by atoms with Gasteiger partial charge in [0.15, 0.2) is 0 Å². The molecular formula is C12H13FN4S. The van der Waals surface area contributed by atoms with Gasteiger partial charge in [-0.3, -0.25) is 0 Å². The highest BCUT2D eigenvalue weighted by molar-refractivity contribution is 7.80. The number of benzene rings is 1. The van der Waals surface area contributed by atoms with Gasteiger partial charge in [-0.15, -0.1) is 0 Å². The van der Waals surface area contributed by atoms with Crippen molar-refractivity contribution in [2.45, 2.75) is 6.54 Å². The molecule has 0 fully saturated rings. The van der Waals surface area contributed by atoms with E-state index >= 15 is 0 Å². The maximum Gasteiger partial charge on any atom is 0.146 e. The van der Waals surface area contributed by atoms with E-state index < -0.39 is 0 Å². The van der Waals surface area contributed by atoms with Crippen molar-refractivity contribution in [3.8, 4) is 0 Å². The molecule has 0 radical (unpaired) electrons. The third-order valence-corrected chi connectivity index (χ3v) is 2.73. The van der Waals surface area contributed by atoms with Gasteiger partial charge in [0.2, 0.25) is 0 Å². The fourth-order valence-electron chi connectivity index (χ4n) is 1.55. The number of aromatic nitrogens is 2. The minimum Gasteiger partial charge on any atom is -0.389 e. The molecule has 0 unspecified atom stereocenters. The highest BCUT2D eigenvalue weighted by atomic mass is 32.1. The molecule has 0 saturated carbocycles. The number of hydrogen-bond donors (Lipinski definition) is 2. The summed E-state index contributed by atoms with van der Waals surface area (Å²) in [7, 11) is 0. The van der Waals surface area contributed by atoms with Crippen LogP contribution >= 0.6 is 12.2 Å². The molecule has 0 aliphatic heterocycles. The summed E-state index contributed by atoms with van der Waals surface area (Å²) in [6, 6.07) is 4.67.